The van der Waals surface area contributed by atoms with Crippen molar-refractivity contribution in [3.8, 4) is 0 Å². The second-order valence-corrected chi connectivity index (χ2v) is 9.40. The summed E-state index contributed by atoms with van der Waals surface area (Å²) in [5.74, 6) is -2.36. The summed E-state index contributed by atoms with van der Waals surface area (Å²) in [7, 11) is 0. The van der Waals surface area contributed by atoms with Crippen LogP contribution in [0.5, 0.6) is 0 Å². The number of halogens is 1. The average molecular weight is 473 g/mol. The van der Waals surface area contributed by atoms with Crippen molar-refractivity contribution in [3.63, 3.8) is 0 Å². The first-order valence-corrected chi connectivity index (χ1v) is 11.3. The number of carbonyl (C=O) groups is 1. The predicted molar refractivity (Wildman–Crippen MR) is 115 cm³/mol. The molecule has 0 saturated heterocycles. The molecule has 2 aliphatic rings. The molecule has 1 N–H and O–H groups in total. The van der Waals surface area contributed by atoms with E-state index in [1.54, 1.807) is 24.4 Å². The van der Waals surface area contributed by atoms with E-state index in [9.17, 15) is 20.0 Å². The molecule has 0 spiro atoms. The van der Waals surface area contributed by atoms with E-state index in [-0.39, 0.29) is 10.8 Å². The fourth-order valence-corrected chi connectivity index (χ4v) is 6.07. The number of carbonyl (C=O) groups excluding carboxylic acids is 1. The highest BCUT2D eigenvalue weighted by Crippen LogP contribution is 2.58. The van der Waals surface area contributed by atoms with Gasteiger partial charge >= 0.3 is 0 Å². The molecule has 2 aromatic rings. The fourth-order valence-electron chi connectivity index (χ4n) is 5.80. The van der Waals surface area contributed by atoms with Gasteiger partial charge in [-0.3, -0.25) is 15.1 Å². The van der Waals surface area contributed by atoms with Crippen LogP contribution in [0, 0.1) is 27.9 Å². The van der Waals surface area contributed by atoms with Crippen molar-refractivity contribution in [2.24, 2.45) is 17.8 Å². The lowest BCUT2D eigenvalue weighted by Crippen LogP contribution is -2.46. The van der Waals surface area contributed by atoms with Gasteiger partial charge in [-0.2, -0.15) is 0 Å². The largest absolute Gasteiger partial charge is 0.382 e. The number of aldehydes is 1. The number of hydrogen-bond acceptors (Lipinski definition) is 5. The summed E-state index contributed by atoms with van der Waals surface area (Å²) < 4.78 is 0.855. The van der Waals surface area contributed by atoms with Crippen molar-refractivity contribution in [1.82, 2.24) is 4.98 Å². The van der Waals surface area contributed by atoms with E-state index in [4.69, 9.17) is 0 Å². The molecular weight excluding hydrogens is 448 g/mol. The summed E-state index contributed by atoms with van der Waals surface area (Å²) in [5.41, 5.74) is -0.630. The van der Waals surface area contributed by atoms with Crippen LogP contribution >= 0.6 is 15.9 Å². The maximum absolute atomic E-state index is 12.4. The number of nitrogens with zero attached hydrogens (tertiary/aromatic N) is 2. The van der Waals surface area contributed by atoms with Crippen LogP contribution in [0.25, 0.3) is 0 Å². The van der Waals surface area contributed by atoms with Crippen molar-refractivity contribution >= 4 is 22.2 Å². The van der Waals surface area contributed by atoms with E-state index >= 15 is 0 Å². The summed E-state index contributed by atoms with van der Waals surface area (Å²) >= 11 is 3.40. The standard InChI is InChI=1S/C23H25BrN2O4/c24-17-11-9-15(10-12-17)20-18(14-27)23(28,19-8-4-5-13-25-19)21(22(20)26(29)30)16-6-2-1-3-7-16/h4-5,8-14,16,18,20-22,28H,1-3,6-7H2/t18-,20-,21+,22-,23+/m1/s1. The quantitative estimate of drug-likeness (QED) is 0.393. The molecule has 0 bridgehead atoms. The summed E-state index contributed by atoms with van der Waals surface area (Å²) in [5, 5.41) is 24.6. The third-order valence-electron chi connectivity index (χ3n) is 7.02. The maximum atomic E-state index is 12.4. The minimum Gasteiger partial charge on any atom is -0.382 e. The van der Waals surface area contributed by atoms with Crippen molar-refractivity contribution in [2.75, 3.05) is 0 Å². The number of hydrogen-bond donors (Lipinski definition) is 1. The number of nitro groups is 1. The van der Waals surface area contributed by atoms with Gasteiger partial charge in [0.15, 0.2) is 0 Å². The Morgan fingerprint density at radius 2 is 1.83 bits per heavy atom. The highest BCUT2D eigenvalue weighted by Gasteiger charge is 2.68. The third kappa shape index (κ3) is 3.48. The molecular formula is C23H25BrN2O4. The normalized spacial score (nSPS) is 32.1. The topological polar surface area (TPSA) is 93.3 Å². The molecule has 158 valence electrons. The second-order valence-electron chi connectivity index (χ2n) is 8.48. The number of benzene rings is 1. The molecule has 2 saturated carbocycles. The minimum atomic E-state index is -1.68. The Morgan fingerprint density at radius 3 is 2.40 bits per heavy atom. The molecule has 6 nitrogen and oxygen atoms in total. The summed E-state index contributed by atoms with van der Waals surface area (Å²) in [6.45, 7) is 0. The lowest BCUT2D eigenvalue weighted by Gasteiger charge is -2.38. The Hall–Kier alpha value is -2.12. The lowest BCUT2D eigenvalue weighted by molar-refractivity contribution is -0.536. The van der Waals surface area contributed by atoms with Gasteiger partial charge in [-0.05, 0) is 48.6 Å². The van der Waals surface area contributed by atoms with Crippen LogP contribution in [0.3, 0.4) is 0 Å². The van der Waals surface area contributed by atoms with Crippen molar-refractivity contribution < 1.29 is 14.8 Å². The SMILES string of the molecule is O=C[C@@H]1[C@@H](c2ccc(Br)cc2)[C@@H]([N+](=O)[O-])[C@H](C2CCCCC2)[C@@]1(O)c1ccccn1. The number of pyridine rings is 1. The fraction of sp³-hybridized carbons (Fsp3) is 0.478. The molecule has 7 heteroatoms. The summed E-state index contributed by atoms with van der Waals surface area (Å²) in [6.07, 6.45) is 6.99. The molecule has 4 rings (SSSR count). The van der Waals surface area contributed by atoms with Gasteiger partial charge in [-0.25, -0.2) is 0 Å². The zero-order chi connectivity index (χ0) is 21.3. The zero-order valence-electron chi connectivity index (χ0n) is 16.6. The van der Waals surface area contributed by atoms with Crippen LogP contribution in [-0.2, 0) is 10.4 Å². The predicted octanol–water partition coefficient (Wildman–Crippen LogP) is 4.49. The Kier molecular flexibility index (Phi) is 6.02. The zero-order valence-corrected chi connectivity index (χ0v) is 18.1. The van der Waals surface area contributed by atoms with Crippen molar-refractivity contribution in [1.29, 1.82) is 0 Å². The Morgan fingerprint density at radius 1 is 1.13 bits per heavy atom. The second kappa shape index (κ2) is 8.55. The Balaban J connectivity index is 1.92. The van der Waals surface area contributed by atoms with Crippen LogP contribution in [0.1, 0.15) is 49.3 Å². The van der Waals surface area contributed by atoms with E-state index in [2.05, 4.69) is 20.9 Å². The van der Waals surface area contributed by atoms with Crippen molar-refractivity contribution in [2.45, 2.75) is 49.7 Å². The molecule has 1 aromatic heterocycles. The smallest absolute Gasteiger partial charge is 0.226 e. The highest BCUT2D eigenvalue weighted by molar-refractivity contribution is 9.10. The molecule has 0 radical (unpaired) electrons. The van der Waals surface area contributed by atoms with Gasteiger partial charge in [0.05, 0.1) is 23.4 Å². The number of aromatic nitrogens is 1. The first-order chi connectivity index (χ1) is 14.5. The van der Waals surface area contributed by atoms with Gasteiger partial charge in [-0.1, -0.05) is 53.4 Å². The van der Waals surface area contributed by atoms with Gasteiger partial charge in [0.2, 0.25) is 6.04 Å². The van der Waals surface area contributed by atoms with Gasteiger partial charge in [0, 0.05) is 15.6 Å². The molecule has 1 aromatic carbocycles. The average Bonchev–Trinajstić information content (AvgIpc) is 3.05. The van der Waals surface area contributed by atoms with E-state index in [1.807, 2.05) is 24.3 Å². The van der Waals surface area contributed by atoms with Gasteiger partial charge < -0.3 is 9.90 Å². The van der Waals surface area contributed by atoms with Crippen LogP contribution in [-0.4, -0.2) is 27.3 Å². The molecule has 0 amide bonds. The first-order valence-electron chi connectivity index (χ1n) is 10.5. The third-order valence-corrected chi connectivity index (χ3v) is 7.55. The Bertz CT molecular complexity index is 901. The Labute approximate surface area is 184 Å². The molecule has 0 aliphatic heterocycles. The molecule has 2 aliphatic carbocycles. The van der Waals surface area contributed by atoms with E-state index in [0.717, 1.165) is 36.6 Å². The van der Waals surface area contributed by atoms with Gasteiger partial charge in [0.1, 0.15) is 11.9 Å². The van der Waals surface area contributed by atoms with Crippen molar-refractivity contribution in [3.05, 3.63) is 74.5 Å². The highest BCUT2D eigenvalue weighted by atomic mass is 79.9. The van der Waals surface area contributed by atoms with E-state index < -0.39 is 29.4 Å². The van der Waals surface area contributed by atoms with Crippen LogP contribution in [0.4, 0.5) is 0 Å². The molecule has 5 atom stereocenters. The first kappa shape index (κ1) is 21.1. The van der Waals surface area contributed by atoms with Crippen LogP contribution in [0.15, 0.2) is 53.1 Å². The monoisotopic (exact) mass is 472 g/mol. The molecule has 30 heavy (non-hydrogen) atoms. The van der Waals surface area contributed by atoms with Crippen LogP contribution in [0.2, 0.25) is 0 Å². The van der Waals surface area contributed by atoms with E-state index in [1.165, 1.54) is 0 Å². The van der Waals surface area contributed by atoms with E-state index in [0.29, 0.717) is 17.5 Å². The molecule has 0 unspecified atom stereocenters. The van der Waals surface area contributed by atoms with Gasteiger partial charge in [0.25, 0.3) is 0 Å². The maximum Gasteiger partial charge on any atom is 0.226 e. The van der Waals surface area contributed by atoms with Gasteiger partial charge in [-0.15, -0.1) is 0 Å². The van der Waals surface area contributed by atoms with Crippen LogP contribution < -0.4 is 0 Å². The molecule has 1 heterocycles. The summed E-state index contributed by atoms with van der Waals surface area (Å²) in [4.78, 5) is 29.0. The minimum absolute atomic E-state index is 0.0240. The molecule has 2 fully saturated rings. The summed E-state index contributed by atoms with van der Waals surface area (Å²) in [6, 6.07) is 11.4. The number of aliphatic hydroxyl groups is 1. The number of rotatable bonds is 5. The lowest BCUT2D eigenvalue weighted by atomic mass is 9.69.